The highest BCUT2D eigenvalue weighted by molar-refractivity contribution is 8.18. The molecule has 15 heteroatoms. The summed E-state index contributed by atoms with van der Waals surface area (Å²) in [5.41, 5.74) is 9.19. The number of aliphatic imine (C=N–C) groups is 1. The van der Waals surface area contributed by atoms with E-state index in [-0.39, 0.29) is 5.91 Å². The van der Waals surface area contributed by atoms with Gasteiger partial charge in [-0.3, -0.25) is 19.6 Å². The largest absolute Gasteiger partial charge is 0.490 e. The number of nitrogens with one attached hydrogen (secondary N) is 1. The summed E-state index contributed by atoms with van der Waals surface area (Å²) in [5, 5.41) is 11.7. The predicted octanol–water partition coefficient (Wildman–Crippen LogP) is 6.23. The minimum Gasteiger partial charge on any atom is -0.475 e. The van der Waals surface area contributed by atoms with Crippen LogP contribution in [0.4, 0.5) is 18.9 Å². The molecule has 0 aliphatic carbocycles. The fourth-order valence-corrected chi connectivity index (χ4v) is 4.96. The topological polar surface area (TPSA) is 148 Å². The first kappa shape index (κ1) is 30.5. The molecular weight excluding hydrogens is 618 g/mol. The highest BCUT2D eigenvalue weighted by Crippen LogP contribution is 2.36. The molecule has 1 aliphatic heterocycles. The number of hydrogen-bond donors (Lipinski definition) is 3. The van der Waals surface area contributed by atoms with Crippen LogP contribution in [-0.2, 0) is 9.59 Å². The van der Waals surface area contributed by atoms with Crippen molar-refractivity contribution in [3.8, 4) is 11.1 Å². The zero-order chi connectivity index (χ0) is 30.6. The van der Waals surface area contributed by atoms with E-state index >= 15 is 0 Å². The van der Waals surface area contributed by atoms with Gasteiger partial charge in [-0.1, -0.05) is 35.3 Å². The van der Waals surface area contributed by atoms with Crippen molar-refractivity contribution in [1.82, 2.24) is 15.3 Å². The standard InChI is InChI=1S/C25H15Cl2N5O2S.C2HF3O2/c26-17-2-1-3-18(27)22(17)31-25-32-24(34)20(35-25)11-13-4-5-19-15(10-13)21(14-6-8-29-9-7-14)16(12-30-19)23(28)33;3-2(4,5)1(6)7/h1-12H,(H2,28,33)(H,31,32,34);(H,6,7)/b20-11+;. The Balaban J connectivity index is 0.000000517. The summed E-state index contributed by atoms with van der Waals surface area (Å²) in [4.78, 5) is 46.9. The Morgan fingerprint density at radius 1 is 1.07 bits per heavy atom. The number of halogens is 5. The number of carbonyl (C=O) groups is 3. The number of aromatic nitrogens is 2. The number of para-hydroxylation sites is 1. The lowest BCUT2D eigenvalue weighted by Crippen LogP contribution is -2.21. The summed E-state index contributed by atoms with van der Waals surface area (Å²) in [6, 6.07) is 14.2. The van der Waals surface area contributed by atoms with Gasteiger partial charge in [-0.25, -0.2) is 9.79 Å². The SMILES string of the molecule is NC(=O)c1cnc2ccc(/C=C3/SC(=Nc4c(Cl)cccc4Cl)NC3=O)cc2c1-c1ccncc1.O=C(O)C(F)(F)F. The molecule has 2 amide bonds. The second-order valence-corrected chi connectivity index (χ2v) is 10.1. The van der Waals surface area contributed by atoms with Gasteiger partial charge in [0.25, 0.3) is 11.8 Å². The Kier molecular flexibility index (Phi) is 9.14. The zero-order valence-corrected chi connectivity index (χ0v) is 23.1. The van der Waals surface area contributed by atoms with Gasteiger partial charge in [0.15, 0.2) is 5.17 Å². The number of thioether (sulfide) groups is 1. The number of pyridine rings is 2. The van der Waals surface area contributed by atoms with Crippen LogP contribution in [0.25, 0.3) is 28.1 Å². The van der Waals surface area contributed by atoms with Crippen LogP contribution in [-0.4, -0.2) is 44.2 Å². The number of primary amides is 1. The number of carboxylic acid groups (broad SMARTS) is 1. The number of alkyl halides is 3. The minimum absolute atomic E-state index is 0.296. The van der Waals surface area contributed by atoms with Crippen molar-refractivity contribution in [3.63, 3.8) is 0 Å². The summed E-state index contributed by atoms with van der Waals surface area (Å²) < 4.78 is 31.7. The Morgan fingerprint density at radius 2 is 1.71 bits per heavy atom. The number of nitrogens with zero attached hydrogens (tertiary/aromatic N) is 3. The molecule has 1 fully saturated rings. The molecule has 5 rings (SSSR count). The van der Waals surface area contributed by atoms with Crippen molar-refractivity contribution in [2.75, 3.05) is 0 Å². The lowest BCUT2D eigenvalue weighted by molar-refractivity contribution is -0.192. The van der Waals surface area contributed by atoms with Gasteiger partial charge in [0, 0.05) is 29.5 Å². The third-order valence-electron chi connectivity index (χ3n) is 5.47. The number of nitrogens with two attached hydrogens (primary N) is 1. The highest BCUT2D eigenvalue weighted by Gasteiger charge is 2.38. The monoisotopic (exact) mass is 633 g/mol. The average molecular weight is 634 g/mol. The van der Waals surface area contributed by atoms with Gasteiger partial charge >= 0.3 is 12.1 Å². The Morgan fingerprint density at radius 3 is 2.31 bits per heavy atom. The van der Waals surface area contributed by atoms with Gasteiger partial charge in [0.1, 0.15) is 5.69 Å². The Hall–Kier alpha value is -4.46. The summed E-state index contributed by atoms with van der Waals surface area (Å²) in [5.74, 6) is -3.64. The highest BCUT2D eigenvalue weighted by atomic mass is 35.5. The Bertz CT molecular complexity index is 1760. The minimum atomic E-state index is -5.08. The number of benzene rings is 2. The number of carbonyl (C=O) groups excluding carboxylic acids is 2. The molecule has 9 nitrogen and oxygen atoms in total. The molecule has 214 valence electrons. The van der Waals surface area contributed by atoms with Gasteiger partial charge < -0.3 is 16.2 Å². The summed E-state index contributed by atoms with van der Waals surface area (Å²) in [6.45, 7) is 0. The lowest BCUT2D eigenvalue weighted by atomic mass is 9.95. The molecule has 4 N–H and O–H groups in total. The van der Waals surface area contributed by atoms with E-state index in [0.717, 1.165) is 16.5 Å². The number of rotatable bonds is 4. The van der Waals surface area contributed by atoms with E-state index in [9.17, 15) is 22.8 Å². The number of aliphatic carboxylic acids is 1. The van der Waals surface area contributed by atoms with Gasteiger partial charge in [0.05, 0.1) is 26.0 Å². The number of amides is 2. The third kappa shape index (κ3) is 7.05. The van der Waals surface area contributed by atoms with Crippen molar-refractivity contribution < 1.29 is 32.7 Å². The maximum absolute atomic E-state index is 12.6. The summed E-state index contributed by atoms with van der Waals surface area (Å²) in [6.07, 6.45) is 1.42. The van der Waals surface area contributed by atoms with E-state index in [2.05, 4.69) is 20.3 Å². The smallest absolute Gasteiger partial charge is 0.475 e. The molecule has 0 saturated carbocycles. The molecule has 2 aromatic carbocycles. The first-order valence-corrected chi connectivity index (χ1v) is 13.1. The molecule has 0 bridgehead atoms. The van der Waals surface area contributed by atoms with Crippen LogP contribution in [0, 0.1) is 0 Å². The third-order valence-corrected chi connectivity index (χ3v) is 6.99. The van der Waals surface area contributed by atoms with Crippen LogP contribution in [0.1, 0.15) is 15.9 Å². The second kappa shape index (κ2) is 12.6. The maximum Gasteiger partial charge on any atom is 0.490 e. The molecule has 1 saturated heterocycles. The van der Waals surface area contributed by atoms with Crippen LogP contribution >= 0.6 is 35.0 Å². The first-order valence-electron chi connectivity index (χ1n) is 11.5. The number of fused-ring (bicyclic) bond motifs is 1. The zero-order valence-electron chi connectivity index (χ0n) is 20.8. The molecule has 3 heterocycles. The lowest BCUT2D eigenvalue weighted by Gasteiger charge is -2.11. The molecule has 0 unspecified atom stereocenters. The van der Waals surface area contributed by atoms with Gasteiger partial charge in [-0.15, -0.1) is 0 Å². The van der Waals surface area contributed by atoms with Gasteiger partial charge in [-0.2, -0.15) is 13.2 Å². The van der Waals surface area contributed by atoms with E-state index in [1.807, 2.05) is 18.2 Å². The maximum atomic E-state index is 12.6. The van der Waals surface area contributed by atoms with Crippen molar-refractivity contribution in [3.05, 3.63) is 93.2 Å². The normalized spacial score (nSPS) is 14.9. The van der Waals surface area contributed by atoms with E-state index in [1.165, 1.54) is 18.0 Å². The van der Waals surface area contributed by atoms with Crippen LogP contribution in [0.5, 0.6) is 0 Å². The average Bonchev–Trinajstić information content (AvgIpc) is 3.28. The number of carboxylic acids is 1. The van der Waals surface area contributed by atoms with E-state index in [1.54, 1.807) is 48.8 Å². The molecule has 2 aromatic heterocycles. The van der Waals surface area contributed by atoms with Crippen molar-refractivity contribution in [2.45, 2.75) is 6.18 Å². The summed E-state index contributed by atoms with van der Waals surface area (Å²) >= 11 is 13.6. The molecule has 0 spiro atoms. The molecule has 4 aromatic rings. The number of amidine groups is 1. The molecule has 42 heavy (non-hydrogen) atoms. The van der Waals surface area contributed by atoms with Crippen LogP contribution in [0.2, 0.25) is 10.0 Å². The molecule has 1 aliphatic rings. The van der Waals surface area contributed by atoms with Crippen LogP contribution < -0.4 is 11.1 Å². The van der Waals surface area contributed by atoms with Gasteiger partial charge in [0.2, 0.25) is 0 Å². The fourth-order valence-electron chi connectivity index (χ4n) is 3.65. The van der Waals surface area contributed by atoms with Gasteiger partial charge in [-0.05, 0) is 65.4 Å². The number of hydrogen-bond acceptors (Lipinski definition) is 7. The van der Waals surface area contributed by atoms with Crippen molar-refractivity contribution >= 4 is 80.6 Å². The molecule has 0 atom stereocenters. The second-order valence-electron chi connectivity index (χ2n) is 8.28. The molecular formula is C27H16Cl2F3N5O4S. The first-order chi connectivity index (χ1) is 19.8. The fraction of sp³-hybridized carbons (Fsp3) is 0.0370. The van der Waals surface area contributed by atoms with Crippen molar-refractivity contribution in [1.29, 1.82) is 0 Å². The van der Waals surface area contributed by atoms with E-state index in [4.69, 9.17) is 38.8 Å². The van der Waals surface area contributed by atoms with Crippen LogP contribution in [0.3, 0.4) is 0 Å². The van der Waals surface area contributed by atoms with Crippen molar-refractivity contribution in [2.24, 2.45) is 10.7 Å². The van der Waals surface area contributed by atoms with E-state index in [0.29, 0.717) is 42.4 Å². The predicted molar refractivity (Wildman–Crippen MR) is 154 cm³/mol. The molecule has 0 radical (unpaired) electrons. The summed E-state index contributed by atoms with van der Waals surface area (Å²) in [7, 11) is 0. The van der Waals surface area contributed by atoms with Crippen LogP contribution in [0.15, 0.2) is 77.0 Å². The Labute approximate surface area is 249 Å². The quantitative estimate of drug-likeness (QED) is 0.226. The van der Waals surface area contributed by atoms with E-state index < -0.39 is 18.1 Å².